The number of nitrogens with zero attached hydrogens (tertiary/aromatic N) is 4. The molecule has 0 spiro atoms. The van der Waals surface area contributed by atoms with Crippen molar-refractivity contribution in [2.75, 3.05) is 6.61 Å². The molecule has 0 bridgehead atoms. The number of nitrogens with one attached hydrogen (secondary N) is 1. The second kappa shape index (κ2) is 6.66. The Morgan fingerprint density at radius 3 is 2.83 bits per heavy atom. The average Bonchev–Trinajstić information content (AvgIpc) is 3.26. The average molecular weight is 353 g/mol. The molecule has 0 aliphatic carbocycles. The first-order chi connectivity index (χ1) is 11.4. The van der Waals surface area contributed by atoms with Gasteiger partial charge in [0, 0.05) is 37.2 Å². The normalized spacial score (nSPS) is 21.7. The van der Waals surface area contributed by atoms with Gasteiger partial charge < -0.3 is 9.30 Å². The number of sulfonamides is 1. The number of aromatic nitrogens is 4. The summed E-state index contributed by atoms with van der Waals surface area (Å²) in [6.07, 6.45) is 7.00. The number of rotatable bonds is 6. The molecule has 0 saturated carbocycles. The molecule has 1 fully saturated rings. The minimum atomic E-state index is -3.69. The molecule has 2 aromatic heterocycles. The molecule has 0 unspecified atom stereocenters. The molecule has 3 rings (SSSR count). The number of ether oxygens (including phenoxy) is 1. The van der Waals surface area contributed by atoms with E-state index in [0.717, 1.165) is 12.1 Å². The number of hydrogen-bond acceptors (Lipinski definition) is 5. The van der Waals surface area contributed by atoms with Gasteiger partial charge in [-0.1, -0.05) is 0 Å². The first-order valence-corrected chi connectivity index (χ1v) is 9.58. The Kier molecular flexibility index (Phi) is 4.75. The van der Waals surface area contributed by atoms with Crippen molar-refractivity contribution >= 4 is 10.0 Å². The summed E-state index contributed by atoms with van der Waals surface area (Å²) in [4.78, 5) is 4.02. The molecule has 2 aromatic rings. The van der Waals surface area contributed by atoms with E-state index in [1.165, 1.54) is 6.33 Å². The van der Waals surface area contributed by atoms with Gasteiger partial charge in [0.15, 0.2) is 5.03 Å². The molecular weight excluding hydrogens is 330 g/mol. The van der Waals surface area contributed by atoms with E-state index < -0.39 is 10.0 Å². The molecule has 0 amide bonds. The molecular formula is C15H23N5O3S. The predicted octanol–water partition coefficient (Wildman–Crippen LogP) is 1.49. The van der Waals surface area contributed by atoms with Crippen LogP contribution in [0.25, 0.3) is 0 Å². The molecule has 9 heteroatoms. The highest BCUT2D eigenvalue weighted by Gasteiger charge is 2.34. The SMILES string of the molecule is CCn1cc([C@H]2OCC[C@@H]2NS(=O)(=O)c2cn(C(C)C)cn2)cn1. The van der Waals surface area contributed by atoms with Gasteiger partial charge in [-0.3, -0.25) is 4.68 Å². The molecule has 0 aromatic carbocycles. The maximum Gasteiger partial charge on any atom is 0.259 e. The summed E-state index contributed by atoms with van der Waals surface area (Å²) in [5.74, 6) is 0. The summed E-state index contributed by atoms with van der Waals surface area (Å²) in [6.45, 7) is 7.21. The fourth-order valence-electron chi connectivity index (χ4n) is 2.74. The number of imidazole rings is 1. The molecule has 8 nitrogen and oxygen atoms in total. The third-order valence-corrected chi connectivity index (χ3v) is 5.53. The molecule has 0 radical (unpaired) electrons. The Morgan fingerprint density at radius 1 is 1.42 bits per heavy atom. The fraction of sp³-hybridized carbons (Fsp3) is 0.600. The van der Waals surface area contributed by atoms with E-state index in [0.29, 0.717) is 13.0 Å². The Balaban J connectivity index is 1.77. The van der Waals surface area contributed by atoms with Crippen LogP contribution in [-0.4, -0.2) is 40.4 Å². The smallest absolute Gasteiger partial charge is 0.259 e. The van der Waals surface area contributed by atoms with Gasteiger partial charge in [-0.15, -0.1) is 0 Å². The minimum Gasteiger partial charge on any atom is -0.372 e. The van der Waals surface area contributed by atoms with E-state index in [9.17, 15) is 8.42 Å². The van der Waals surface area contributed by atoms with Crippen LogP contribution in [-0.2, 0) is 21.3 Å². The van der Waals surface area contributed by atoms with Gasteiger partial charge in [-0.05, 0) is 27.2 Å². The molecule has 1 saturated heterocycles. The van der Waals surface area contributed by atoms with Crippen molar-refractivity contribution in [2.45, 2.75) is 57.0 Å². The topological polar surface area (TPSA) is 91.0 Å². The van der Waals surface area contributed by atoms with Crippen molar-refractivity contribution in [3.63, 3.8) is 0 Å². The highest BCUT2D eigenvalue weighted by molar-refractivity contribution is 7.89. The summed E-state index contributed by atoms with van der Waals surface area (Å²) in [5.41, 5.74) is 0.884. The van der Waals surface area contributed by atoms with E-state index >= 15 is 0 Å². The Bertz CT molecular complexity index is 796. The van der Waals surface area contributed by atoms with Gasteiger partial charge in [0.05, 0.1) is 18.6 Å². The summed E-state index contributed by atoms with van der Waals surface area (Å²) in [5, 5.41) is 4.27. The summed E-state index contributed by atoms with van der Waals surface area (Å²) < 4.78 is 37.2. The van der Waals surface area contributed by atoms with Crippen LogP contribution in [0.2, 0.25) is 0 Å². The maximum atomic E-state index is 12.6. The summed E-state index contributed by atoms with van der Waals surface area (Å²) in [7, 11) is -3.69. The lowest BCUT2D eigenvalue weighted by molar-refractivity contribution is 0.102. The standard InChI is InChI=1S/C15H23N5O3S/c1-4-20-8-12(7-17-20)15-13(5-6-23-15)18-24(21,22)14-9-19(10-16-14)11(2)3/h7-11,13,15,18H,4-6H2,1-3H3/t13-,15+/m0/s1. The van der Waals surface area contributed by atoms with Crippen molar-refractivity contribution in [1.82, 2.24) is 24.1 Å². The van der Waals surface area contributed by atoms with Gasteiger partial charge in [-0.25, -0.2) is 18.1 Å². The van der Waals surface area contributed by atoms with Crippen molar-refractivity contribution in [1.29, 1.82) is 0 Å². The lowest BCUT2D eigenvalue weighted by Gasteiger charge is -2.18. The van der Waals surface area contributed by atoms with Crippen LogP contribution in [0.4, 0.5) is 0 Å². The van der Waals surface area contributed by atoms with Crippen molar-refractivity contribution in [3.8, 4) is 0 Å². The number of hydrogen-bond donors (Lipinski definition) is 1. The lowest BCUT2D eigenvalue weighted by atomic mass is 10.1. The van der Waals surface area contributed by atoms with Gasteiger partial charge in [-0.2, -0.15) is 5.10 Å². The Hall–Kier alpha value is -1.71. The van der Waals surface area contributed by atoms with Crippen LogP contribution in [0.3, 0.4) is 0 Å². The number of aryl methyl sites for hydroxylation is 1. The van der Waals surface area contributed by atoms with Crippen molar-refractivity contribution < 1.29 is 13.2 Å². The van der Waals surface area contributed by atoms with E-state index in [1.807, 2.05) is 27.0 Å². The van der Waals surface area contributed by atoms with Crippen LogP contribution in [0.1, 0.15) is 44.9 Å². The van der Waals surface area contributed by atoms with Crippen LogP contribution in [0.15, 0.2) is 29.9 Å². The highest BCUT2D eigenvalue weighted by atomic mass is 32.2. The van der Waals surface area contributed by atoms with Crippen LogP contribution in [0, 0.1) is 0 Å². The monoisotopic (exact) mass is 353 g/mol. The zero-order chi connectivity index (χ0) is 17.3. The Labute approximate surface area is 141 Å². The second-order valence-corrected chi connectivity index (χ2v) is 7.85. The Morgan fingerprint density at radius 2 is 2.21 bits per heavy atom. The van der Waals surface area contributed by atoms with Crippen LogP contribution >= 0.6 is 0 Å². The van der Waals surface area contributed by atoms with Gasteiger partial charge in [0.2, 0.25) is 0 Å². The van der Waals surface area contributed by atoms with Crippen molar-refractivity contribution in [3.05, 3.63) is 30.5 Å². The van der Waals surface area contributed by atoms with Crippen LogP contribution < -0.4 is 4.72 Å². The van der Waals surface area contributed by atoms with E-state index in [2.05, 4.69) is 14.8 Å². The third kappa shape index (κ3) is 3.38. The molecule has 132 valence electrons. The predicted molar refractivity (Wildman–Crippen MR) is 87.9 cm³/mol. The first-order valence-electron chi connectivity index (χ1n) is 8.10. The molecule has 1 aliphatic rings. The second-order valence-electron chi connectivity index (χ2n) is 6.19. The third-order valence-electron chi connectivity index (χ3n) is 4.15. The minimum absolute atomic E-state index is 0.0334. The maximum absolute atomic E-state index is 12.6. The zero-order valence-electron chi connectivity index (χ0n) is 14.1. The van der Waals surface area contributed by atoms with E-state index in [-0.39, 0.29) is 23.2 Å². The van der Waals surface area contributed by atoms with Gasteiger partial charge >= 0.3 is 0 Å². The lowest BCUT2D eigenvalue weighted by Crippen LogP contribution is -2.36. The summed E-state index contributed by atoms with van der Waals surface area (Å²) in [6, 6.07) is -0.169. The first kappa shape index (κ1) is 17.1. The largest absolute Gasteiger partial charge is 0.372 e. The quantitative estimate of drug-likeness (QED) is 0.849. The van der Waals surface area contributed by atoms with Gasteiger partial charge in [0.1, 0.15) is 6.10 Å². The van der Waals surface area contributed by atoms with E-state index in [1.54, 1.807) is 21.6 Å². The molecule has 3 heterocycles. The molecule has 24 heavy (non-hydrogen) atoms. The van der Waals surface area contributed by atoms with Crippen molar-refractivity contribution in [2.24, 2.45) is 0 Å². The zero-order valence-corrected chi connectivity index (χ0v) is 14.9. The highest BCUT2D eigenvalue weighted by Crippen LogP contribution is 2.30. The molecule has 1 N–H and O–H groups in total. The molecule has 2 atom stereocenters. The van der Waals surface area contributed by atoms with E-state index in [4.69, 9.17) is 4.74 Å². The molecule has 1 aliphatic heterocycles. The fourth-order valence-corrected chi connectivity index (χ4v) is 3.94. The summed E-state index contributed by atoms with van der Waals surface area (Å²) >= 11 is 0. The van der Waals surface area contributed by atoms with Crippen LogP contribution in [0.5, 0.6) is 0 Å². The van der Waals surface area contributed by atoms with Gasteiger partial charge in [0.25, 0.3) is 10.0 Å².